The second-order valence-electron chi connectivity index (χ2n) is 10.0. The van der Waals surface area contributed by atoms with E-state index in [2.05, 4.69) is 4.98 Å². The molecule has 1 saturated carbocycles. The largest absolute Gasteiger partial charge is 0.460 e. The highest BCUT2D eigenvalue weighted by molar-refractivity contribution is 6.09. The zero-order valence-corrected chi connectivity index (χ0v) is 21.7. The number of nitrogens with two attached hydrogens (primary N) is 1. The molecule has 8 heteroatoms. The number of nitrogens with zero attached hydrogens (tertiary/aromatic N) is 2. The quantitative estimate of drug-likeness (QED) is 0.254. The average Bonchev–Trinajstić information content (AvgIpc) is 3.71. The van der Waals surface area contributed by atoms with Gasteiger partial charge in [-0.1, -0.05) is 24.3 Å². The van der Waals surface area contributed by atoms with E-state index in [-0.39, 0.29) is 35.3 Å². The normalized spacial score (nSPS) is 13.0. The average molecular weight is 538 g/mol. The summed E-state index contributed by atoms with van der Waals surface area (Å²) in [5.41, 5.74) is 8.84. The molecule has 2 heterocycles. The number of rotatable bonds is 7. The molecule has 3 aromatic carbocycles. The Labute approximate surface area is 229 Å². The third-order valence-corrected chi connectivity index (χ3v) is 7.21. The van der Waals surface area contributed by atoms with Crippen LogP contribution in [0, 0.1) is 18.6 Å². The Bertz CT molecular complexity index is 1760. The van der Waals surface area contributed by atoms with Crippen molar-refractivity contribution in [3.05, 3.63) is 119 Å². The van der Waals surface area contributed by atoms with Gasteiger partial charge in [0.25, 0.3) is 11.8 Å². The highest BCUT2D eigenvalue weighted by Crippen LogP contribution is 2.36. The summed E-state index contributed by atoms with van der Waals surface area (Å²) in [6.07, 6.45) is 3.58. The zero-order valence-electron chi connectivity index (χ0n) is 21.7. The number of amides is 2. The summed E-state index contributed by atoms with van der Waals surface area (Å²) in [6, 6.07) is 19.4. The van der Waals surface area contributed by atoms with Crippen molar-refractivity contribution in [3.63, 3.8) is 0 Å². The number of halogens is 2. The number of anilines is 1. The first-order chi connectivity index (χ1) is 19.3. The summed E-state index contributed by atoms with van der Waals surface area (Å²) in [4.78, 5) is 32.1. The Morgan fingerprint density at radius 2 is 1.80 bits per heavy atom. The minimum atomic E-state index is -0.671. The maximum atomic E-state index is 15.3. The number of aromatic nitrogens is 1. The van der Waals surface area contributed by atoms with Gasteiger partial charge in [-0.05, 0) is 90.6 Å². The summed E-state index contributed by atoms with van der Waals surface area (Å²) in [7, 11) is 0. The van der Waals surface area contributed by atoms with E-state index in [1.54, 1.807) is 66.6 Å². The minimum Gasteiger partial charge on any atom is -0.460 e. The van der Waals surface area contributed by atoms with Crippen LogP contribution >= 0.6 is 0 Å². The van der Waals surface area contributed by atoms with Crippen molar-refractivity contribution in [1.29, 1.82) is 0 Å². The molecule has 2 amide bonds. The molecule has 6 rings (SSSR count). The Morgan fingerprint density at radius 1 is 1.02 bits per heavy atom. The lowest BCUT2D eigenvalue weighted by atomic mass is 9.95. The molecule has 0 aliphatic heterocycles. The monoisotopic (exact) mass is 537 g/mol. The summed E-state index contributed by atoms with van der Waals surface area (Å²) in [5.74, 6) is -1.00. The van der Waals surface area contributed by atoms with Gasteiger partial charge in [0, 0.05) is 29.6 Å². The standard InChI is InChI=1S/C32H25F2N3O3/c1-18-24(16-21(17-26(18)34)32(39)37(23-10-11-23)29-4-2-3-13-36-29)20-7-12-27-25(15-20)30(31(35)38)28(40-27)14-19-5-8-22(33)9-6-19/h2-9,12-13,15-17,23H,10-11,14H2,1H3,(H2,35,38). The van der Waals surface area contributed by atoms with Crippen LogP contribution in [0.5, 0.6) is 0 Å². The van der Waals surface area contributed by atoms with Crippen LogP contribution in [0.3, 0.4) is 0 Å². The second-order valence-corrected chi connectivity index (χ2v) is 10.0. The van der Waals surface area contributed by atoms with Gasteiger partial charge >= 0.3 is 0 Å². The third-order valence-electron chi connectivity index (χ3n) is 7.21. The number of fused-ring (bicyclic) bond motifs is 1. The first-order valence-electron chi connectivity index (χ1n) is 12.9. The van der Waals surface area contributed by atoms with Gasteiger partial charge in [0.2, 0.25) is 0 Å². The van der Waals surface area contributed by atoms with Crippen molar-refractivity contribution >= 4 is 28.6 Å². The molecule has 0 unspecified atom stereocenters. The molecule has 5 aromatic rings. The van der Waals surface area contributed by atoms with E-state index in [1.165, 1.54) is 18.2 Å². The molecule has 0 radical (unpaired) electrons. The molecule has 0 bridgehead atoms. The van der Waals surface area contributed by atoms with Gasteiger partial charge in [0.15, 0.2) is 0 Å². The van der Waals surface area contributed by atoms with Crippen molar-refractivity contribution in [2.75, 3.05) is 4.90 Å². The van der Waals surface area contributed by atoms with Crippen molar-refractivity contribution in [2.24, 2.45) is 5.73 Å². The van der Waals surface area contributed by atoms with Gasteiger partial charge in [-0.15, -0.1) is 0 Å². The minimum absolute atomic E-state index is 0.0233. The molecule has 0 saturated heterocycles. The van der Waals surface area contributed by atoms with Crippen molar-refractivity contribution in [3.8, 4) is 11.1 Å². The van der Waals surface area contributed by atoms with Crippen molar-refractivity contribution in [1.82, 2.24) is 4.98 Å². The van der Waals surface area contributed by atoms with Gasteiger partial charge in [0.1, 0.15) is 28.8 Å². The number of hydrogen-bond donors (Lipinski definition) is 1. The summed E-state index contributed by atoms with van der Waals surface area (Å²) in [6.45, 7) is 1.64. The van der Waals surface area contributed by atoms with E-state index in [4.69, 9.17) is 10.2 Å². The van der Waals surface area contributed by atoms with E-state index >= 15 is 4.39 Å². The number of carbonyl (C=O) groups is 2. The van der Waals surface area contributed by atoms with Gasteiger partial charge in [-0.25, -0.2) is 13.8 Å². The fraction of sp³-hybridized carbons (Fsp3) is 0.156. The Kier molecular flexibility index (Phi) is 6.38. The van der Waals surface area contributed by atoms with Crippen LogP contribution in [-0.2, 0) is 6.42 Å². The highest BCUT2D eigenvalue weighted by Gasteiger charge is 2.35. The lowest BCUT2D eigenvalue weighted by Crippen LogP contribution is -2.33. The number of pyridine rings is 1. The molecule has 200 valence electrons. The Hall–Kier alpha value is -4.85. The molecule has 2 N–H and O–H groups in total. The maximum absolute atomic E-state index is 15.3. The summed E-state index contributed by atoms with van der Waals surface area (Å²) < 4.78 is 34.6. The number of primary amides is 1. The number of furan rings is 1. The third kappa shape index (κ3) is 4.73. The maximum Gasteiger partial charge on any atom is 0.259 e. The van der Waals surface area contributed by atoms with Crippen LogP contribution in [0.25, 0.3) is 22.1 Å². The van der Waals surface area contributed by atoms with Gasteiger partial charge in [-0.3, -0.25) is 14.5 Å². The van der Waals surface area contributed by atoms with Crippen LogP contribution in [-0.4, -0.2) is 22.8 Å². The number of benzene rings is 3. The predicted octanol–water partition coefficient (Wildman–Crippen LogP) is 6.58. The number of carbonyl (C=O) groups excluding carboxylic acids is 2. The Morgan fingerprint density at radius 3 is 2.48 bits per heavy atom. The zero-order chi connectivity index (χ0) is 28.0. The van der Waals surface area contributed by atoms with E-state index in [0.29, 0.717) is 39.2 Å². The van der Waals surface area contributed by atoms with Gasteiger partial charge in [0.05, 0.1) is 5.56 Å². The molecular weight excluding hydrogens is 512 g/mol. The van der Waals surface area contributed by atoms with E-state index in [9.17, 15) is 14.0 Å². The fourth-order valence-corrected chi connectivity index (χ4v) is 5.03. The highest BCUT2D eigenvalue weighted by atomic mass is 19.1. The smallest absolute Gasteiger partial charge is 0.259 e. The molecule has 1 aliphatic rings. The van der Waals surface area contributed by atoms with E-state index in [1.807, 2.05) is 6.07 Å². The number of hydrogen-bond acceptors (Lipinski definition) is 4. The van der Waals surface area contributed by atoms with Gasteiger partial charge < -0.3 is 10.2 Å². The Balaban J connectivity index is 1.42. The van der Waals surface area contributed by atoms with Crippen LogP contribution in [0.1, 0.15) is 50.4 Å². The van der Waals surface area contributed by atoms with Crippen LogP contribution in [0.4, 0.5) is 14.6 Å². The summed E-state index contributed by atoms with van der Waals surface area (Å²) >= 11 is 0. The first kappa shape index (κ1) is 25.4. The van der Waals surface area contributed by atoms with Crippen LogP contribution in [0.15, 0.2) is 83.4 Å². The molecule has 0 atom stereocenters. The molecular formula is C32H25F2N3O3. The second kappa shape index (κ2) is 10.0. The molecule has 0 spiro atoms. The van der Waals surface area contributed by atoms with Crippen LogP contribution < -0.4 is 10.6 Å². The first-order valence-corrected chi connectivity index (χ1v) is 12.9. The molecule has 6 nitrogen and oxygen atoms in total. The van der Waals surface area contributed by atoms with E-state index in [0.717, 1.165) is 18.4 Å². The van der Waals surface area contributed by atoms with Crippen molar-refractivity contribution in [2.45, 2.75) is 32.2 Å². The molecule has 2 aromatic heterocycles. The summed E-state index contributed by atoms with van der Waals surface area (Å²) in [5, 5.41) is 0.478. The molecule has 1 fully saturated rings. The SMILES string of the molecule is Cc1c(F)cc(C(=O)N(c2ccccn2)C2CC2)cc1-c1ccc2oc(Cc3ccc(F)cc3)c(C(N)=O)c2c1. The van der Waals surface area contributed by atoms with Crippen molar-refractivity contribution < 1.29 is 22.8 Å². The molecule has 40 heavy (non-hydrogen) atoms. The topological polar surface area (TPSA) is 89.4 Å². The molecule has 1 aliphatic carbocycles. The van der Waals surface area contributed by atoms with Crippen LogP contribution in [0.2, 0.25) is 0 Å². The predicted molar refractivity (Wildman–Crippen MR) is 148 cm³/mol. The van der Waals surface area contributed by atoms with Gasteiger partial charge in [-0.2, -0.15) is 0 Å². The van der Waals surface area contributed by atoms with E-state index < -0.39 is 11.7 Å². The lowest BCUT2D eigenvalue weighted by molar-refractivity contribution is 0.0980. The fourth-order valence-electron chi connectivity index (χ4n) is 5.03. The lowest BCUT2D eigenvalue weighted by Gasteiger charge is -2.22.